The van der Waals surface area contributed by atoms with Crippen LogP contribution < -0.4 is 16.0 Å². The fourth-order valence-corrected chi connectivity index (χ4v) is 4.42. The van der Waals surface area contributed by atoms with E-state index in [2.05, 4.69) is 59.6 Å². The van der Waals surface area contributed by atoms with Crippen molar-refractivity contribution in [3.8, 4) is 0 Å². The number of carboxylic acid groups (broad SMARTS) is 1. The first kappa shape index (κ1) is 27.9. The van der Waals surface area contributed by atoms with Gasteiger partial charge in [-0.15, -0.1) is 0 Å². The maximum absolute atomic E-state index is 13.1. The van der Waals surface area contributed by atoms with Crippen LogP contribution in [0.3, 0.4) is 0 Å². The van der Waals surface area contributed by atoms with Gasteiger partial charge >= 0.3 is 5.97 Å². The molecule has 1 fully saturated rings. The Kier molecular flexibility index (Phi) is 10.7. The van der Waals surface area contributed by atoms with Gasteiger partial charge in [-0.05, 0) is 55.5 Å². The number of carbonyl (C=O) groups excluding carboxylic acids is 1. The lowest BCUT2D eigenvalue weighted by Gasteiger charge is -2.33. The molecule has 7 heteroatoms. The number of aromatic carboxylic acids is 1. The number of aliphatic hydroxyl groups excluding tert-OH is 1. The molecule has 1 heterocycles. The second kappa shape index (κ2) is 14.2. The number of hydrogen-bond donors (Lipinski definition) is 4. The quantitative estimate of drug-likeness (QED) is 0.368. The first-order valence-electron chi connectivity index (χ1n) is 12.8. The number of benzene rings is 3. The van der Waals surface area contributed by atoms with Crippen LogP contribution in [0, 0.1) is 6.92 Å². The Labute approximate surface area is 218 Å². The maximum Gasteiger partial charge on any atom is 0.335 e. The van der Waals surface area contributed by atoms with Crippen molar-refractivity contribution in [2.45, 2.75) is 38.6 Å². The average molecular weight is 504 g/mol. The fourth-order valence-electron chi connectivity index (χ4n) is 4.42. The van der Waals surface area contributed by atoms with E-state index >= 15 is 0 Å². The number of carboxylic acids is 1. The van der Waals surface area contributed by atoms with Crippen molar-refractivity contribution in [3.63, 3.8) is 0 Å². The molecule has 3 aromatic carbocycles. The van der Waals surface area contributed by atoms with E-state index < -0.39 is 5.97 Å². The molecule has 0 aliphatic carbocycles. The molecule has 1 unspecified atom stereocenters. The van der Waals surface area contributed by atoms with E-state index in [1.807, 2.05) is 6.07 Å². The lowest BCUT2D eigenvalue weighted by atomic mass is 9.94. The first-order valence-corrected chi connectivity index (χ1v) is 12.8. The van der Waals surface area contributed by atoms with Crippen LogP contribution in [-0.4, -0.2) is 48.3 Å². The topological polar surface area (TPSA) is 116 Å². The van der Waals surface area contributed by atoms with E-state index in [4.69, 9.17) is 15.9 Å². The fraction of sp³-hybridized carbons (Fsp3) is 0.333. The second-order valence-corrected chi connectivity index (χ2v) is 9.21. The number of aliphatic hydroxyl groups is 1. The summed E-state index contributed by atoms with van der Waals surface area (Å²) in [5.41, 5.74) is 10.3. The van der Waals surface area contributed by atoms with Gasteiger partial charge in [0.2, 0.25) is 5.91 Å². The Balaban J connectivity index is 0.000000886. The molecule has 3 aromatic rings. The molecule has 0 saturated carbocycles. The summed E-state index contributed by atoms with van der Waals surface area (Å²) < 4.78 is 0. The van der Waals surface area contributed by atoms with Gasteiger partial charge in [-0.25, -0.2) is 4.79 Å². The highest BCUT2D eigenvalue weighted by atomic mass is 16.4. The van der Waals surface area contributed by atoms with Crippen LogP contribution in [0.15, 0.2) is 72.8 Å². The first-order chi connectivity index (χ1) is 17.9. The number of nitrogens with one attached hydrogen (secondary N) is 1. The number of hydrogen-bond acceptors (Lipinski definition) is 5. The Morgan fingerprint density at radius 1 is 0.946 bits per heavy atom. The van der Waals surface area contributed by atoms with Crippen molar-refractivity contribution < 1.29 is 19.8 Å². The Morgan fingerprint density at radius 3 is 2.16 bits per heavy atom. The van der Waals surface area contributed by atoms with Crippen LogP contribution in [0.1, 0.15) is 57.9 Å². The summed E-state index contributed by atoms with van der Waals surface area (Å²) in [4.78, 5) is 26.6. The van der Waals surface area contributed by atoms with E-state index in [9.17, 15) is 9.59 Å². The molecule has 7 nitrogen and oxygen atoms in total. The normalized spacial score (nSPS) is 13.8. The predicted molar refractivity (Wildman–Crippen MR) is 147 cm³/mol. The van der Waals surface area contributed by atoms with Crippen molar-refractivity contribution in [3.05, 3.63) is 101 Å². The summed E-state index contributed by atoms with van der Waals surface area (Å²) in [7, 11) is 0. The zero-order valence-electron chi connectivity index (χ0n) is 21.4. The summed E-state index contributed by atoms with van der Waals surface area (Å²) in [6.45, 7) is 4.59. The molecule has 1 saturated heterocycles. The molecule has 4 rings (SSSR count). The largest absolute Gasteiger partial charge is 0.478 e. The van der Waals surface area contributed by atoms with Crippen LogP contribution >= 0.6 is 0 Å². The zero-order chi connectivity index (χ0) is 26.6. The molecule has 0 bridgehead atoms. The Morgan fingerprint density at radius 2 is 1.57 bits per heavy atom. The Hall–Kier alpha value is -3.68. The van der Waals surface area contributed by atoms with E-state index in [-0.39, 0.29) is 30.5 Å². The molecule has 0 radical (unpaired) electrons. The monoisotopic (exact) mass is 503 g/mol. The molecule has 1 aliphatic heterocycles. The van der Waals surface area contributed by atoms with Crippen LogP contribution in [0.25, 0.3) is 0 Å². The van der Waals surface area contributed by atoms with Gasteiger partial charge in [0.05, 0.1) is 24.6 Å². The molecule has 37 heavy (non-hydrogen) atoms. The second-order valence-electron chi connectivity index (χ2n) is 9.21. The van der Waals surface area contributed by atoms with Crippen LogP contribution in [-0.2, 0) is 11.2 Å². The number of nitrogens with zero attached hydrogens (tertiary/aromatic N) is 1. The van der Waals surface area contributed by atoms with Gasteiger partial charge < -0.3 is 26.2 Å². The number of nitrogens with two attached hydrogens (primary N) is 1. The number of amides is 1. The highest BCUT2D eigenvalue weighted by Gasteiger charge is 2.23. The average Bonchev–Trinajstić information content (AvgIpc) is 2.93. The minimum atomic E-state index is -0.972. The Bertz CT molecular complexity index is 1140. The maximum atomic E-state index is 13.1. The smallest absolute Gasteiger partial charge is 0.335 e. The van der Waals surface area contributed by atoms with E-state index in [1.165, 1.54) is 42.6 Å². The predicted octanol–water partition coefficient (Wildman–Crippen LogP) is 4.07. The third-order valence-corrected chi connectivity index (χ3v) is 6.36. The minimum Gasteiger partial charge on any atom is -0.478 e. The molecule has 0 spiro atoms. The van der Waals surface area contributed by atoms with Gasteiger partial charge in [-0.1, -0.05) is 60.2 Å². The van der Waals surface area contributed by atoms with Crippen molar-refractivity contribution in [2.24, 2.45) is 5.73 Å². The zero-order valence-corrected chi connectivity index (χ0v) is 21.4. The summed E-state index contributed by atoms with van der Waals surface area (Å²) in [6.07, 6.45) is 3.82. The number of carbonyl (C=O) groups is 2. The van der Waals surface area contributed by atoms with E-state index in [0.717, 1.165) is 29.8 Å². The minimum absolute atomic E-state index is 0.0972. The van der Waals surface area contributed by atoms with Gasteiger partial charge in [-0.2, -0.15) is 0 Å². The lowest BCUT2D eigenvalue weighted by Crippen LogP contribution is -2.34. The number of piperidine rings is 1. The van der Waals surface area contributed by atoms with Gasteiger partial charge in [0, 0.05) is 30.9 Å². The van der Waals surface area contributed by atoms with E-state index in [0.29, 0.717) is 6.54 Å². The molecule has 5 N–H and O–H groups in total. The van der Waals surface area contributed by atoms with Crippen molar-refractivity contribution >= 4 is 17.6 Å². The van der Waals surface area contributed by atoms with Crippen molar-refractivity contribution in [1.82, 2.24) is 5.32 Å². The molecule has 1 amide bonds. The highest BCUT2D eigenvalue weighted by Crippen LogP contribution is 2.32. The number of aryl methyl sites for hydroxylation is 1. The number of rotatable bonds is 8. The van der Waals surface area contributed by atoms with Crippen LogP contribution in [0.2, 0.25) is 0 Å². The third-order valence-electron chi connectivity index (χ3n) is 6.36. The molecule has 0 aromatic heterocycles. The molecule has 1 aliphatic rings. The summed E-state index contributed by atoms with van der Waals surface area (Å²) in [5.74, 6) is -1.07. The number of para-hydroxylation sites is 1. The SMILES string of the molecule is Cc1ccc(C(NC(=O)Cc2ccc(C(=O)O)cc2)c2ccccc2N2CCCCC2)cc1.NCCO. The molecule has 196 valence electrons. The molecular formula is C30H37N3O4. The van der Waals surface area contributed by atoms with Crippen molar-refractivity contribution in [2.75, 3.05) is 31.1 Å². The van der Waals surface area contributed by atoms with Crippen LogP contribution in [0.5, 0.6) is 0 Å². The lowest BCUT2D eigenvalue weighted by molar-refractivity contribution is -0.120. The molecule has 1 atom stereocenters. The van der Waals surface area contributed by atoms with Gasteiger partial charge in [0.1, 0.15) is 0 Å². The van der Waals surface area contributed by atoms with E-state index in [1.54, 1.807) is 12.1 Å². The number of anilines is 1. The summed E-state index contributed by atoms with van der Waals surface area (Å²) in [6, 6.07) is 22.9. The highest BCUT2D eigenvalue weighted by molar-refractivity contribution is 5.88. The molecular weight excluding hydrogens is 466 g/mol. The summed E-state index contributed by atoms with van der Waals surface area (Å²) >= 11 is 0. The van der Waals surface area contributed by atoms with Gasteiger partial charge in [-0.3, -0.25) is 4.79 Å². The van der Waals surface area contributed by atoms with Crippen LogP contribution in [0.4, 0.5) is 5.69 Å². The summed E-state index contributed by atoms with van der Waals surface area (Å²) in [5, 5.41) is 20.1. The standard InChI is InChI=1S/C28H30N2O3.C2H7NO/c1-20-9-13-22(14-10-20)27(24-7-3-4-8-25(24)30-17-5-2-6-18-30)29-26(31)19-21-11-15-23(16-12-21)28(32)33;3-1-2-4/h3-4,7-16,27H,2,5-6,17-19H2,1H3,(H,29,31)(H,32,33);4H,1-3H2. The van der Waals surface area contributed by atoms with Crippen molar-refractivity contribution in [1.29, 1.82) is 0 Å². The van der Waals surface area contributed by atoms with Gasteiger partial charge in [0.15, 0.2) is 0 Å². The third kappa shape index (κ3) is 8.17. The van der Waals surface area contributed by atoms with Gasteiger partial charge in [0.25, 0.3) is 0 Å².